The molecule has 0 spiro atoms. The number of amides is 1. The SMILES string of the molecule is CNc1cc(C(=O)NC(C)c2ccccc2Cl)cc(C)n1. The first-order chi connectivity index (χ1) is 10.0. The van der Waals surface area contributed by atoms with Gasteiger partial charge in [-0.15, -0.1) is 0 Å². The summed E-state index contributed by atoms with van der Waals surface area (Å²) in [6.07, 6.45) is 0. The minimum atomic E-state index is -0.169. The van der Waals surface area contributed by atoms with E-state index in [4.69, 9.17) is 11.6 Å². The molecule has 1 unspecified atom stereocenters. The van der Waals surface area contributed by atoms with Crippen LogP contribution in [0.1, 0.15) is 34.6 Å². The zero-order valence-corrected chi connectivity index (χ0v) is 13.0. The van der Waals surface area contributed by atoms with Gasteiger partial charge in [-0.3, -0.25) is 4.79 Å². The van der Waals surface area contributed by atoms with Crippen molar-refractivity contribution < 1.29 is 4.79 Å². The first-order valence-corrected chi connectivity index (χ1v) is 7.11. The van der Waals surface area contributed by atoms with Crippen molar-refractivity contribution in [1.82, 2.24) is 10.3 Å². The van der Waals surface area contributed by atoms with Gasteiger partial charge in [0.15, 0.2) is 0 Å². The predicted molar refractivity (Wildman–Crippen MR) is 85.9 cm³/mol. The molecule has 1 amide bonds. The average Bonchev–Trinajstić information content (AvgIpc) is 2.46. The molecule has 2 aromatic rings. The number of aryl methyl sites for hydroxylation is 1. The van der Waals surface area contributed by atoms with Crippen LogP contribution < -0.4 is 10.6 Å². The first-order valence-electron chi connectivity index (χ1n) is 6.73. The number of nitrogens with one attached hydrogen (secondary N) is 2. The molecule has 0 aliphatic carbocycles. The van der Waals surface area contributed by atoms with Crippen molar-refractivity contribution in [3.8, 4) is 0 Å². The highest BCUT2D eigenvalue weighted by molar-refractivity contribution is 6.31. The predicted octanol–water partition coefficient (Wildman–Crippen LogP) is 3.58. The molecular formula is C16H18ClN3O. The van der Waals surface area contributed by atoms with Crippen molar-refractivity contribution in [1.29, 1.82) is 0 Å². The fourth-order valence-electron chi connectivity index (χ4n) is 2.11. The molecule has 2 rings (SSSR count). The summed E-state index contributed by atoms with van der Waals surface area (Å²) in [5.74, 6) is 0.523. The van der Waals surface area contributed by atoms with Gasteiger partial charge in [-0.25, -0.2) is 4.98 Å². The molecule has 2 N–H and O–H groups in total. The third-order valence-electron chi connectivity index (χ3n) is 3.19. The van der Waals surface area contributed by atoms with E-state index in [2.05, 4.69) is 15.6 Å². The van der Waals surface area contributed by atoms with E-state index in [1.54, 1.807) is 19.2 Å². The van der Waals surface area contributed by atoms with Crippen molar-refractivity contribution in [2.24, 2.45) is 0 Å². The number of nitrogens with zero attached hydrogens (tertiary/aromatic N) is 1. The van der Waals surface area contributed by atoms with E-state index in [9.17, 15) is 4.79 Å². The van der Waals surface area contributed by atoms with Gasteiger partial charge < -0.3 is 10.6 Å². The van der Waals surface area contributed by atoms with Crippen LogP contribution in [0.3, 0.4) is 0 Å². The second-order valence-corrected chi connectivity index (χ2v) is 5.26. The molecule has 21 heavy (non-hydrogen) atoms. The first kappa shape index (κ1) is 15.3. The maximum Gasteiger partial charge on any atom is 0.251 e. The monoisotopic (exact) mass is 303 g/mol. The number of aromatic nitrogens is 1. The van der Waals surface area contributed by atoms with Gasteiger partial charge in [-0.2, -0.15) is 0 Å². The van der Waals surface area contributed by atoms with Crippen molar-refractivity contribution in [3.05, 3.63) is 58.2 Å². The molecule has 110 valence electrons. The van der Waals surface area contributed by atoms with E-state index < -0.39 is 0 Å². The van der Waals surface area contributed by atoms with Crippen LogP contribution in [0.2, 0.25) is 5.02 Å². The molecule has 0 aliphatic rings. The van der Waals surface area contributed by atoms with Crippen LogP contribution in [-0.4, -0.2) is 17.9 Å². The van der Waals surface area contributed by atoms with Gasteiger partial charge >= 0.3 is 0 Å². The highest BCUT2D eigenvalue weighted by atomic mass is 35.5. The Hall–Kier alpha value is -2.07. The van der Waals surface area contributed by atoms with Gasteiger partial charge in [0, 0.05) is 23.3 Å². The molecule has 1 atom stereocenters. The van der Waals surface area contributed by atoms with Gasteiger partial charge in [0.25, 0.3) is 5.91 Å². The molecule has 5 heteroatoms. The highest BCUT2D eigenvalue weighted by Gasteiger charge is 2.14. The molecule has 4 nitrogen and oxygen atoms in total. The summed E-state index contributed by atoms with van der Waals surface area (Å²) in [6.45, 7) is 3.77. The fraction of sp³-hybridized carbons (Fsp3) is 0.250. The van der Waals surface area contributed by atoms with Crippen LogP contribution in [0.4, 0.5) is 5.82 Å². The molecule has 1 aromatic heterocycles. The molecule has 1 heterocycles. The molecule has 0 aliphatic heterocycles. The Kier molecular flexibility index (Phi) is 4.81. The number of carbonyl (C=O) groups is 1. The molecule has 0 radical (unpaired) electrons. The Bertz CT molecular complexity index is 658. The summed E-state index contributed by atoms with van der Waals surface area (Å²) in [5.41, 5.74) is 2.26. The number of pyridine rings is 1. The van der Waals surface area contributed by atoms with Gasteiger partial charge in [0.2, 0.25) is 0 Å². The molecule has 0 saturated heterocycles. The standard InChI is InChI=1S/C16H18ClN3O/c1-10-8-12(9-15(18-3)19-10)16(21)20-11(2)13-6-4-5-7-14(13)17/h4-9,11H,1-3H3,(H,18,19)(H,20,21). The van der Waals surface area contributed by atoms with Gasteiger partial charge in [0.05, 0.1) is 6.04 Å². The number of halogens is 1. The van der Waals surface area contributed by atoms with Gasteiger partial charge in [0.1, 0.15) is 5.82 Å². The Labute approximate surface area is 129 Å². The highest BCUT2D eigenvalue weighted by Crippen LogP contribution is 2.22. The van der Waals surface area contributed by atoms with Crippen LogP contribution in [-0.2, 0) is 0 Å². The minimum Gasteiger partial charge on any atom is -0.373 e. The van der Waals surface area contributed by atoms with E-state index in [0.29, 0.717) is 16.4 Å². The zero-order valence-electron chi connectivity index (χ0n) is 12.3. The number of hydrogen-bond acceptors (Lipinski definition) is 3. The lowest BCUT2D eigenvalue weighted by Crippen LogP contribution is -2.27. The maximum atomic E-state index is 12.4. The van der Waals surface area contributed by atoms with Gasteiger partial charge in [-0.1, -0.05) is 29.8 Å². The second-order valence-electron chi connectivity index (χ2n) is 4.85. The molecule has 0 fully saturated rings. The van der Waals surface area contributed by atoms with E-state index in [-0.39, 0.29) is 11.9 Å². The minimum absolute atomic E-state index is 0.149. The summed E-state index contributed by atoms with van der Waals surface area (Å²) in [4.78, 5) is 16.6. The zero-order chi connectivity index (χ0) is 15.4. The summed E-state index contributed by atoms with van der Waals surface area (Å²) < 4.78 is 0. The molecule has 0 bridgehead atoms. The Morgan fingerprint density at radius 1 is 1.29 bits per heavy atom. The lowest BCUT2D eigenvalue weighted by atomic mass is 10.1. The van der Waals surface area contributed by atoms with Crippen LogP contribution in [0.5, 0.6) is 0 Å². The number of rotatable bonds is 4. The lowest BCUT2D eigenvalue weighted by molar-refractivity contribution is 0.0939. The Balaban J connectivity index is 2.18. The van der Waals surface area contributed by atoms with Crippen LogP contribution in [0, 0.1) is 6.92 Å². The fourth-order valence-corrected chi connectivity index (χ4v) is 2.41. The van der Waals surface area contributed by atoms with Crippen LogP contribution >= 0.6 is 11.6 Å². The number of anilines is 1. The second kappa shape index (κ2) is 6.59. The lowest BCUT2D eigenvalue weighted by Gasteiger charge is -2.16. The summed E-state index contributed by atoms with van der Waals surface area (Å²) in [5, 5.41) is 6.54. The third kappa shape index (κ3) is 3.73. The number of hydrogen-bond donors (Lipinski definition) is 2. The van der Waals surface area contributed by atoms with Crippen molar-refractivity contribution >= 4 is 23.3 Å². The molecule has 1 aromatic carbocycles. The van der Waals surface area contributed by atoms with E-state index in [1.165, 1.54) is 0 Å². The van der Waals surface area contributed by atoms with Crippen molar-refractivity contribution in [2.45, 2.75) is 19.9 Å². The van der Waals surface area contributed by atoms with E-state index in [0.717, 1.165) is 11.3 Å². The van der Waals surface area contributed by atoms with Crippen molar-refractivity contribution in [3.63, 3.8) is 0 Å². The third-order valence-corrected chi connectivity index (χ3v) is 3.54. The molecule has 0 saturated carbocycles. The average molecular weight is 304 g/mol. The summed E-state index contributed by atoms with van der Waals surface area (Å²) in [7, 11) is 1.77. The number of carbonyl (C=O) groups excluding carboxylic acids is 1. The summed E-state index contributed by atoms with van der Waals surface area (Å²) >= 11 is 6.15. The van der Waals surface area contributed by atoms with Crippen LogP contribution in [0.25, 0.3) is 0 Å². The van der Waals surface area contributed by atoms with Crippen LogP contribution in [0.15, 0.2) is 36.4 Å². The largest absolute Gasteiger partial charge is 0.373 e. The normalized spacial score (nSPS) is 11.8. The molecular weight excluding hydrogens is 286 g/mol. The van der Waals surface area contributed by atoms with E-state index >= 15 is 0 Å². The Morgan fingerprint density at radius 3 is 2.67 bits per heavy atom. The summed E-state index contributed by atoms with van der Waals surface area (Å²) in [6, 6.07) is 10.8. The smallest absolute Gasteiger partial charge is 0.251 e. The van der Waals surface area contributed by atoms with E-state index in [1.807, 2.05) is 38.1 Å². The number of benzene rings is 1. The topological polar surface area (TPSA) is 54.0 Å². The van der Waals surface area contributed by atoms with Crippen molar-refractivity contribution in [2.75, 3.05) is 12.4 Å². The maximum absolute atomic E-state index is 12.4. The Morgan fingerprint density at radius 2 is 2.00 bits per heavy atom. The van der Waals surface area contributed by atoms with Gasteiger partial charge in [-0.05, 0) is 37.6 Å². The quantitative estimate of drug-likeness (QED) is 0.908.